The van der Waals surface area contributed by atoms with E-state index < -0.39 is 23.7 Å². The predicted molar refractivity (Wildman–Crippen MR) is 72.7 cm³/mol. The fourth-order valence-corrected chi connectivity index (χ4v) is 2.40. The molecule has 7 heteroatoms. The van der Waals surface area contributed by atoms with Gasteiger partial charge in [0.2, 0.25) is 5.91 Å². The van der Waals surface area contributed by atoms with Gasteiger partial charge in [-0.25, -0.2) is 9.37 Å². The number of primary amides is 1. The van der Waals surface area contributed by atoms with Gasteiger partial charge >= 0.3 is 0 Å². The van der Waals surface area contributed by atoms with Gasteiger partial charge in [0.25, 0.3) is 5.91 Å². The summed E-state index contributed by atoms with van der Waals surface area (Å²) in [5.74, 6) is -1.58. The van der Waals surface area contributed by atoms with E-state index in [1.807, 2.05) is 0 Å². The predicted octanol–water partition coefficient (Wildman–Crippen LogP) is 1.55. The van der Waals surface area contributed by atoms with Crippen LogP contribution >= 0.6 is 11.3 Å². The van der Waals surface area contributed by atoms with Crippen molar-refractivity contribution in [3.8, 4) is 0 Å². The molecule has 2 amide bonds. The van der Waals surface area contributed by atoms with Crippen molar-refractivity contribution in [1.29, 1.82) is 0 Å². The first-order chi connectivity index (χ1) is 9.49. The van der Waals surface area contributed by atoms with Crippen molar-refractivity contribution in [1.82, 2.24) is 10.3 Å². The highest BCUT2D eigenvalue weighted by Gasteiger charge is 2.22. The van der Waals surface area contributed by atoms with Crippen LogP contribution in [0.2, 0.25) is 0 Å². The Labute approximate surface area is 118 Å². The molecule has 0 aliphatic heterocycles. The van der Waals surface area contributed by atoms with Crippen molar-refractivity contribution in [2.24, 2.45) is 5.73 Å². The number of rotatable bonds is 4. The van der Waals surface area contributed by atoms with Gasteiger partial charge in [-0.15, -0.1) is 11.3 Å². The summed E-state index contributed by atoms with van der Waals surface area (Å²) in [4.78, 5) is 27.9. The number of thiazole rings is 1. The van der Waals surface area contributed by atoms with Crippen LogP contribution in [0.5, 0.6) is 0 Å². The van der Waals surface area contributed by atoms with E-state index in [0.717, 1.165) is 0 Å². The fourth-order valence-electron chi connectivity index (χ4n) is 1.69. The number of carbonyl (C=O) groups is 2. The average Bonchev–Trinajstić information content (AvgIpc) is 2.83. The van der Waals surface area contributed by atoms with Gasteiger partial charge in [-0.3, -0.25) is 9.59 Å². The van der Waals surface area contributed by atoms with Crippen LogP contribution in [0.3, 0.4) is 0 Å². The Kier molecular flexibility index (Phi) is 4.09. The van der Waals surface area contributed by atoms with E-state index in [4.69, 9.17) is 5.73 Å². The van der Waals surface area contributed by atoms with Crippen LogP contribution in [0.15, 0.2) is 29.8 Å². The van der Waals surface area contributed by atoms with Crippen molar-refractivity contribution in [2.75, 3.05) is 0 Å². The molecule has 0 saturated heterocycles. The molecule has 20 heavy (non-hydrogen) atoms. The molecule has 0 saturated carbocycles. The standard InChI is InChI=1S/C13H12FN3O2S/c1-7-11(20-6-16-7)13(19)17-10(12(15)18)8-2-4-9(14)5-3-8/h2-6,10H,1H3,(H2,15,18)(H,17,19)/t10-/m1/s1. The van der Waals surface area contributed by atoms with Crippen molar-refractivity contribution in [2.45, 2.75) is 13.0 Å². The van der Waals surface area contributed by atoms with Gasteiger partial charge < -0.3 is 11.1 Å². The molecule has 3 N–H and O–H groups in total. The summed E-state index contributed by atoms with van der Waals surface area (Å²) in [5, 5.41) is 2.53. The van der Waals surface area contributed by atoms with Gasteiger partial charge in [0.05, 0.1) is 11.2 Å². The normalized spacial score (nSPS) is 11.9. The Balaban J connectivity index is 2.22. The van der Waals surface area contributed by atoms with Crippen LogP contribution in [0.1, 0.15) is 27.0 Å². The lowest BCUT2D eigenvalue weighted by Crippen LogP contribution is -2.37. The number of nitrogens with one attached hydrogen (secondary N) is 1. The first-order valence-electron chi connectivity index (χ1n) is 5.74. The van der Waals surface area contributed by atoms with E-state index in [1.54, 1.807) is 12.4 Å². The summed E-state index contributed by atoms with van der Waals surface area (Å²) in [7, 11) is 0. The third kappa shape index (κ3) is 3.00. The van der Waals surface area contributed by atoms with Crippen molar-refractivity contribution < 1.29 is 14.0 Å². The molecule has 0 bridgehead atoms. The summed E-state index contributed by atoms with van der Waals surface area (Å²) < 4.78 is 12.9. The molecule has 0 spiro atoms. The summed E-state index contributed by atoms with van der Waals surface area (Å²) >= 11 is 1.17. The Morgan fingerprint density at radius 3 is 2.50 bits per heavy atom. The van der Waals surface area contributed by atoms with Crippen molar-refractivity contribution in [3.63, 3.8) is 0 Å². The summed E-state index contributed by atoms with van der Waals surface area (Å²) in [6, 6.07) is 4.21. The van der Waals surface area contributed by atoms with Crippen LogP contribution in [0.25, 0.3) is 0 Å². The van der Waals surface area contributed by atoms with Crippen LogP contribution in [0.4, 0.5) is 4.39 Å². The summed E-state index contributed by atoms with van der Waals surface area (Å²) in [6.07, 6.45) is 0. The summed E-state index contributed by atoms with van der Waals surface area (Å²) in [6.45, 7) is 1.70. The van der Waals surface area contributed by atoms with E-state index in [-0.39, 0.29) is 0 Å². The second-order valence-corrected chi connectivity index (χ2v) is 4.98. The zero-order chi connectivity index (χ0) is 14.7. The van der Waals surface area contributed by atoms with Crippen molar-refractivity contribution in [3.05, 3.63) is 51.7 Å². The monoisotopic (exact) mass is 293 g/mol. The number of nitrogens with two attached hydrogens (primary N) is 1. The van der Waals surface area contributed by atoms with Gasteiger partial charge in [0, 0.05) is 0 Å². The average molecular weight is 293 g/mol. The molecular weight excluding hydrogens is 281 g/mol. The Morgan fingerprint density at radius 2 is 2.00 bits per heavy atom. The smallest absolute Gasteiger partial charge is 0.264 e. The maximum absolute atomic E-state index is 12.9. The number of aromatic nitrogens is 1. The van der Waals surface area contributed by atoms with E-state index in [9.17, 15) is 14.0 Å². The topological polar surface area (TPSA) is 85.1 Å². The van der Waals surface area contributed by atoms with Crippen LogP contribution in [-0.2, 0) is 4.79 Å². The zero-order valence-corrected chi connectivity index (χ0v) is 11.4. The number of hydrogen-bond acceptors (Lipinski definition) is 4. The minimum Gasteiger partial charge on any atom is -0.368 e. The third-order valence-electron chi connectivity index (χ3n) is 2.72. The lowest BCUT2D eigenvalue weighted by Gasteiger charge is -2.15. The Morgan fingerprint density at radius 1 is 1.35 bits per heavy atom. The highest BCUT2D eigenvalue weighted by molar-refractivity contribution is 7.11. The molecule has 1 aromatic heterocycles. The molecule has 1 atom stereocenters. The first-order valence-corrected chi connectivity index (χ1v) is 6.62. The second-order valence-electron chi connectivity index (χ2n) is 4.13. The molecule has 1 aromatic carbocycles. The van der Waals surface area contributed by atoms with E-state index in [0.29, 0.717) is 16.1 Å². The van der Waals surface area contributed by atoms with Gasteiger partial charge in [-0.05, 0) is 24.6 Å². The quantitative estimate of drug-likeness (QED) is 0.896. The summed E-state index contributed by atoms with van der Waals surface area (Å²) in [5.41, 5.74) is 7.83. The fraction of sp³-hybridized carbons (Fsp3) is 0.154. The van der Waals surface area contributed by atoms with Gasteiger partial charge in [0.1, 0.15) is 16.7 Å². The van der Waals surface area contributed by atoms with E-state index in [1.165, 1.54) is 35.6 Å². The molecule has 0 fully saturated rings. The molecule has 2 rings (SSSR count). The van der Waals surface area contributed by atoms with Crippen LogP contribution in [0, 0.1) is 12.7 Å². The van der Waals surface area contributed by atoms with Crippen LogP contribution < -0.4 is 11.1 Å². The highest BCUT2D eigenvalue weighted by atomic mass is 32.1. The zero-order valence-electron chi connectivity index (χ0n) is 10.6. The number of amides is 2. The van der Waals surface area contributed by atoms with Crippen molar-refractivity contribution >= 4 is 23.2 Å². The number of carbonyl (C=O) groups excluding carboxylic acids is 2. The molecule has 1 heterocycles. The largest absolute Gasteiger partial charge is 0.368 e. The highest BCUT2D eigenvalue weighted by Crippen LogP contribution is 2.17. The number of hydrogen-bond donors (Lipinski definition) is 2. The van der Waals surface area contributed by atoms with Gasteiger partial charge in [-0.2, -0.15) is 0 Å². The molecule has 0 unspecified atom stereocenters. The number of halogens is 1. The lowest BCUT2D eigenvalue weighted by molar-refractivity contribution is -0.120. The second kappa shape index (κ2) is 5.79. The molecule has 2 aromatic rings. The van der Waals surface area contributed by atoms with E-state index in [2.05, 4.69) is 10.3 Å². The minimum atomic E-state index is -1.01. The molecule has 0 radical (unpaired) electrons. The number of benzene rings is 1. The maximum Gasteiger partial charge on any atom is 0.264 e. The minimum absolute atomic E-state index is 0.415. The number of nitrogens with zero attached hydrogens (tertiary/aromatic N) is 1. The molecule has 0 aliphatic carbocycles. The van der Waals surface area contributed by atoms with Gasteiger partial charge in [0.15, 0.2) is 0 Å². The Bertz CT molecular complexity index is 639. The third-order valence-corrected chi connectivity index (χ3v) is 3.64. The molecule has 5 nitrogen and oxygen atoms in total. The Hall–Kier alpha value is -2.28. The number of aryl methyl sites for hydroxylation is 1. The van der Waals surface area contributed by atoms with Gasteiger partial charge in [-0.1, -0.05) is 12.1 Å². The van der Waals surface area contributed by atoms with E-state index >= 15 is 0 Å². The van der Waals surface area contributed by atoms with Crippen LogP contribution in [-0.4, -0.2) is 16.8 Å². The first kappa shape index (κ1) is 14.1. The molecular formula is C13H12FN3O2S. The molecule has 104 valence electrons. The molecule has 0 aliphatic rings. The lowest BCUT2D eigenvalue weighted by atomic mass is 10.1. The maximum atomic E-state index is 12.9. The SMILES string of the molecule is Cc1ncsc1C(=O)N[C@@H](C(N)=O)c1ccc(F)cc1.